The van der Waals surface area contributed by atoms with Crippen LogP contribution in [0.3, 0.4) is 0 Å². The van der Waals surface area contributed by atoms with Crippen molar-refractivity contribution in [3.63, 3.8) is 0 Å². The van der Waals surface area contributed by atoms with Crippen molar-refractivity contribution < 1.29 is 0 Å². The Kier molecular flexibility index (Phi) is 2.36. The molecule has 0 saturated heterocycles. The lowest BCUT2D eigenvalue weighted by molar-refractivity contribution is 0.787. The highest BCUT2D eigenvalue weighted by Gasteiger charge is 2.32. The van der Waals surface area contributed by atoms with Gasteiger partial charge in [-0.1, -0.05) is 24.3 Å². The summed E-state index contributed by atoms with van der Waals surface area (Å²) in [6.45, 7) is 5.52. The van der Waals surface area contributed by atoms with E-state index in [1.54, 1.807) is 11.3 Å². The molecule has 84 valence electrons. The number of aryl methyl sites for hydroxylation is 1. The first kappa shape index (κ1) is 10.1. The first-order valence-corrected chi connectivity index (χ1v) is 6.65. The Morgan fingerprint density at radius 2 is 2.31 bits per heavy atom. The van der Waals surface area contributed by atoms with Crippen LogP contribution in [0.2, 0.25) is 0 Å². The summed E-state index contributed by atoms with van der Waals surface area (Å²) in [7, 11) is 0. The Labute approximate surface area is 99.7 Å². The van der Waals surface area contributed by atoms with Gasteiger partial charge in [-0.25, -0.2) is 4.98 Å². The van der Waals surface area contributed by atoms with Gasteiger partial charge in [0.25, 0.3) is 0 Å². The van der Waals surface area contributed by atoms with Gasteiger partial charge in [0.15, 0.2) is 5.13 Å². The van der Waals surface area contributed by atoms with Gasteiger partial charge >= 0.3 is 0 Å². The molecule has 1 heterocycles. The molecule has 1 N–H and O–H groups in total. The molecule has 1 aliphatic carbocycles. The van der Waals surface area contributed by atoms with Gasteiger partial charge in [0.05, 0.1) is 10.2 Å². The molecule has 1 aromatic carbocycles. The Hall–Kier alpha value is -1.09. The van der Waals surface area contributed by atoms with Crippen molar-refractivity contribution in [2.75, 3.05) is 11.9 Å². The summed E-state index contributed by atoms with van der Waals surface area (Å²) in [4.78, 5) is 4.59. The van der Waals surface area contributed by atoms with Crippen LogP contribution in [-0.4, -0.2) is 11.5 Å². The smallest absolute Gasteiger partial charge is 0.183 e. The van der Waals surface area contributed by atoms with E-state index in [1.165, 1.54) is 16.7 Å². The molecule has 3 rings (SSSR count). The molecular weight excluding hydrogens is 216 g/mol. The molecule has 2 aromatic rings. The van der Waals surface area contributed by atoms with Gasteiger partial charge in [0.2, 0.25) is 0 Å². The number of thiazole rings is 1. The lowest BCUT2D eigenvalue weighted by atomic mass is 10.2. The third-order valence-electron chi connectivity index (χ3n) is 3.34. The fraction of sp³-hybridized carbons (Fsp3) is 0.462. The summed E-state index contributed by atoms with van der Waals surface area (Å²) >= 11 is 1.76. The van der Waals surface area contributed by atoms with Gasteiger partial charge in [0.1, 0.15) is 0 Å². The van der Waals surface area contributed by atoms with Crippen LogP contribution in [-0.2, 0) is 0 Å². The zero-order valence-corrected chi connectivity index (χ0v) is 10.5. The molecule has 0 aliphatic heterocycles. The zero-order chi connectivity index (χ0) is 11.1. The molecule has 0 bridgehead atoms. The standard InChI is InChI=1S/C13H16N2S/c1-8-3-4-11-12(5-8)16-13(15-11)14-7-10-6-9(10)2/h3-5,9-10H,6-7H2,1-2H3,(H,14,15). The van der Waals surface area contributed by atoms with E-state index in [2.05, 4.69) is 42.3 Å². The van der Waals surface area contributed by atoms with Crippen molar-refractivity contribution in [2.45, 2.75) is 20.3 Å². The summed E-state index contributed by atoms with van der Waals surface area (Å²) in [5.41, 5.74) is 2.42. The number of fused-ring (bicyclic) bond motifs is 1. The van der Waals surface area contributed by atoms with Crippen LogP contribution in [0.1, 0.15) is 18.9 Å². The second kappa shape index (κ2) is 3.74. The molecule has 2 nitrogen and oxygen atoms in total. The van der Waals surface area contributed by atoms with E-state index < -0.39 is 0 Å². The monoisotopic (exact) mass is 232 g/mol. The van der Waals surface area contributed by atoms with Gasteiger partial charge in [-0.3, -0.25) is 0 Å². The number of nitrogens with one attached hydrogen (secondary N) is 1. The van der Waals surface area contributed by atoms with Crippen LogP contribution in [0.5, 0.6) is 0 Å². The van der Waals surface area contributed by atoms with Crippen molar-refractivity contribution in [2.24, 2.45) is 11.8 Å². The van der Waals surface area contributed by atoms with Crippen LogP contribution >= 0.6 is 11.3 Å². The fourth-order valence-corrected chi connectivity index (χ4v) is 2.98. The predicted molar refractivity (Wildman–Crippen MR) is 70.1 cm³/mol. The minimum absolute atomic E-state index is 0.869. The predicted octanol–water partition coefficient (Wildman–Crippen LogP) is 3.67. The molecule has 1 saturated carbocycles. The summed E-state index contributed by atoms with van der Waals surface area (Å²) < 4.78 is 1.28. The van der Waals surface area contributed by atoms with Crippen molar-refractivity contribution in [3.05, 3.63) is 23.8 Å². The molecule has 0 spiro atoms. The van der Waals surface area contributed by atoms with Gasteiger partial charge < -0.3 is 5.32 Å². The topological polar surface area (TPSA) is 24.9 Å². The van der Waals surface area contributed by atoms with Crippen molar-refractivity contribution in [3.8, 4) is 0 Å². The van der Waals surface area contributed by atoms with Crippen molar-refractivity contribution >= 4 is 26.7 Å². The number of benzene rings is 1. The molecule has 1 aromatic heterocycles. The number of nitrogens with zero attached hydrogens (tertiary/aromatic N) is 1. The Morgan fingerprint density at radius 3 is 3.06 bits per heavy atom. The maximum absolute atomic E-state index is 4.59. The summed E-state index contributed by atoms with van der Waals surface area (Å²) in [5, 5.41) is 4.52. The number of aromatic nitrogens is 1. The van der Waals surface area contributed by atoms with Gasteiger partial charge in [-0.2, -0.15) is 0 Å². The van der Waals surface area contributed by atoms with Crippen molar-refractivity contribution in [1.82, 2.24) is 4.98 Å². The second-order valence-corrected chi connectivity index (χ2v) is 5.87. The normalized spacial score (nSPS) is 23.6. The lowest BCUT2D eigenvalue weighted by Gasteiger charge is -1.98. The van der Waals surface area contributed by atoms with E-state index in [-0.39, 0.29) is 0 Å². The molecule has 3 heteroatoms. The SMILES string of the molecule is Cc1ccc2nc(NCC3CC3C)sc2c1. The van der Waals surface area contributed by atoms with E-state index in [1.807, 2.05) is 0 Å². The maximum Gasteiger partial charge on any atom is 0.183 e. The van der Waals surface area contributed by atoms with E-state index in [9.17, 15) is 0 Å². The molecule has 2 atom stereocenters. The quantitative estimate of drug-likeness (QED) is 0.873. The summed E-state index contributed by atoms with van der Waals surface area (Å²) in [6, 6.07) is 6.43. The third kappa shape index (κ3) is 1.92. The van der Waals surface area contributed by atoms with Gasteiger partial charge in [-0.05, 0) is 42.9 Å². The number of rotatable bonds is 3. The largest absolute Gasteiger partial charge is 0.361 e. The Bertz CT molecular complexity index is 518. The maximum atomic E-state index is 4.59. The summed E-state index contributed by atoms with van der Waals surface area (Å²) in [6.07, 6.45) is 1.37. The highest BCUT2D eigenvalue weighted by molar-refractivity contribution is 7.22. The van der Waals surface area contributed by atoms with Gasteiger partial charge in [-0.15, -0.1) is 0 Å². The van der Waals surface area contributed by atoms with Crippen LogP contribution in [0.4, 0.5) is 5.13 Å². The van der Waals surface area contributed by atoms with Crippen LogP contribution < -0.4 is 5.32 Å². The lowest BCUT2D eigenvalue weighted by Crippen LogP contribution is -2.03. The van der Waals surface area contributed by atoms with Gasteiger partial charge in [0, 0.05) is 6.54 Å². The number of hydrogen-bond donors (Lipinski definition) is 1. The van der Waals surface area contributed by atoms with Crippen LogP contribution in [0.25, 0.3) is 10.2 Å². The summed E-state index contributed by atoms with van der Waals surface area (Å²) in [5.74, 6) is 1.78. The van der Waals surface area contributed by atoms with E-state index in [0.29, 0.717) is 0 Å². The molecule has 16 heavy (non-hydrogen) atoms. The highest BCUT2D eigenvalue weighted by Crippen LogP contribution is 2.38. The average molecular weight is 232 g/mol. The van der Waals surface area contributed by atoms with Crippen LogP contribution in [0, 0.1) is 18.8 Å². The average Bonchev–Trinajstić information content (AvgIpc) is 2.81. The highest BCUT2D eigenvalue weighted by atomic mass is 32.1. The minimum atomic E-state index is 0.869. The van der Waals surface area contributed by atoms with E-state index in [0.717, 1.165) is 29.0 Å². The third-order valence-corrected chi connectivity index (χ3v) is 4.31. The Morgan fingerprint density at radius 1 is 1.50 bits per heavy atom. The second-order valence-electron chi connectivity index (χ2n) is 4.84. The van der Waals surface area contributed by atoms with Crippen LogP contribution in [0.15, 0.2) is 18.2 Å². The molecule has 1 fully saturated rings. The molecule has 1 aliphatic rings. The zero-order valence-electron chi connectivity index (χ0n) is 9.66. The molecular formula is C13H16N2S. The number of anilines is 1. The molecule has 0 radical (unpaired) electrons. The first-order valence-electron chi connectivity index (χ1n) is 5.83. The Balaban J connectivity index is 1.77. The van der Waals surface area contributed by atoms with Crippen molar-refractivity contribution in [1.29, 1.82) is 0 Å². The molecule has 2 unspecified atom stereocenters. The molecule has 0 amide bonds. The minimum Gasteiger partial charge on any atom is -0.361 e. The van der Waals surface area contributed by atoms with E-state index in [4.69, 9.17) is 0 Å². The fourth-order valence-electron chi connectivity index (χ4n) is 2.01. The van der Waals surface area contributed by atoms with E-state index >= 15 is 0 Å². The number of hydrogen-bond acceptors (Lipinski definition) is 3. The first-order chi connectivity index (χ1) is 7.72.